The molecule has 40 heavy (non-hydrogen) atoms. The molecule has 5 rings (SSSR count). The Morgan fingerprint density at radius 2 is 1.70 bits per heavy atom. The highest BCUT2D eigenvalue weighted by Gasteiger charge is 2.30. The van der Waals surface area contributed by atoms with E-state index in [0.717, 1.165) is 53.9 Å². The second kappa shape index (κ2) is 12.3. The Morgan fingerprint density at radius 3 is 2.35 bits per heavy atom. The number of rotatable bonds is 7. The third-order valence-corrected chi connectivity index (χ3v) is 7.38. The summed E-state index contributed by atoms with van der Waals surface area (Å²) in [6, 6.07) is 27.1. The number of pyridine rings is 2. The first-order valence-electron chi connectivity index (χ1n) is 13.5. The minimum absolute atomic E-state index is 0.0474. The Kier molecular flexibility index (Phi) is 8.21. The second-order valence-corrected chi connectivity index (χ2v) is 10.1. The molecule has 1 aliphatic rings. The molecule has 2 N–H and O–H groups in total. The normalized spacial score (nSPS) is 16.5. The van der Waals surface area contributed by atoms with E-state index in [2.05, 4.69) is 21.7 Å². The maximum absolute atomic E-state index is 13.6. The monoisotopic (exact) mass is 532 g/mol. The van der Waals surface area contributed by atoms with Crippen LogP contribution in [0.2, 0.25) is 0 Å². The SMILES string of the molecule is Cn1cc(-c2ccc(N(C(=O)NCc3ccccc3)C3CCC(Nc4ccc(C#N)cn4)CC3)cc2)ccc1=O. The van der Waals surface area contributed by atoms with E-state index in [4.69, 9.17) is 5.26 Å². The summed E-state index contributed by atoms with van der Waals surface area (Å²) in [5, 5.41) is 15.6. The summed E-state index contributed by atoms with van der Waals surface area (Å²) in [5.41, 5.74) is 4.28. The number of nitrogens with zero attached hydrogens (tertiary/aromatic N) is 4. The number of carbonyl (C=O) groups excluding carboxylic acids is 1. The summed E-state index contributed by atoms with van der Waals surface area (Å²) in [6.07, 6.45) is 6.87. The largest absolute Gasteiger partial charge is 0.367 e. The van der Waals surface area contributed by atoms with Gasteiger partial charge in [0.15, 0.2) is 0 Å². The van der Waals surface area contributed by atoms with Crippen LogP contribution in [0.3, 0.4) is 0 Å². The van der Waals surface area contributed by atoms with Crippen molar-refractivity contribution in [1.82, 2.24) is 14.9 Å². The molecule has 8 nitrogen and oxygen atoms in total. The standard InChI is InChI=1S/C32H32N6O2/c1-37-22-26(10-18-31(37)39)25-8-13-28(14-9-25)38(32(40)35-20-23-5-3-2-4-6-23)29-15-11-27(12-16-29)36-30-17-7-24(19-33)21-34-30/h2-10,13-14,17-18,21-22,27,29H,11-12,15-16,20H2,1H3,(H,34,36)(H,35,40). The predicted molar refractivity (Wildman–Crippen MR) is 157 cm³/mol. The number of hydrogen-bond acceptors (Lipinski definition) is 5. The van der Waals surface area contributed by atoms with E-state index < -0.39 is 0 Å². The van der Waals surface area contributed by atoms with Crippen molar-refractivity contribution in [3.8, 4) is 17.2 Å². The van der Waals surface area contributed by atoms with Crippen molar-refractivity contribution >= 4 is 17.5 Å². The molecule has 2 aromatic carbocycles. The fraction of sp³-hybridized carbons (Fsp3) is 0.250. The predicted octanol–water partition coefficient (Wildman–Crippen LogP) is 5.46. The molecule has 0 saturated heterocycles. The van der Waals surface area contributed by atoms with E-state index in [9.17, 15) is 9.59 Å². The van der Waals surface area contributed by atoms with E-state index in [0.29, 0.717) is 12.1 Å². The van der Waals surface area contributed by atoms with Crippen LogP contribution >= 0.6 is 0 Å². The number of nitriles is 1. The summed E-state index contributed by atoms with van der Waals surface area (Å²) < 4.78 is 1.56. The van der Waals surface area contributed by atoms with Gasteiger partial charge in [-0.2, -0.15) is 5.26 Å². The molecule has 0 bridgehead atoms. The van der Waals surface area contributed by atoms with Gasteiger partial charge in [-0.05, 0) is 72.7 Å². The van der Waals surface area contributed by atoms with E-state index in [-0.39, 0.29) is 23.7 Å². The molecule has 1 aliphatic carbocycles. The Morgan fingerprint density at radius 1 is 0.975 bits per heavy atom. The minimum Gasteiger partial charge on any atom is -0.367 e. The number of aryl methyl sites for hydroxylation is 1. The molecule has 8 heteroatoms. The molecule has 4 aromatic rings. The maximum atomic E-state index is 13.6. The quantitative estimate of drug-likeness (QED) is 0.329. The molecule has 1 saturated carbocycles. The Bertz CT molecular complexity index is 1530. The third-order valence-electron chi connectivity index (χ3n) is 7.38. The van der Waals surface area contributed by atoms with Crippen molar-refractivity contribution in [3.05, 3.63) is 113 Å². The summed E-state index contributed by atoms with van der Waals surface area (Å²) in [4.78, 5) is 31.7. The fourth-order valence-corrected chi connectivity index (χ4v) is 5.16. The van der Waals surface area contributed by atoms with Gasteiger partial charge in [-0.1, -0.05) is 42.5 Å². The number of nitrogens with one attached hydrogen (secondary N) is 2. The molecule has 2 amide bonds. The van der Waals surface area contributed by atoms with E-state index in [1.54, 1.807) is 29.9 Å². The van der Waals surface area contributed by atoms with Crippen molar-refractivity contribution in [2.24, 2.45) is 7.05 Å². The first kappa shape index (κ1) is 26.7. The van der Waals surface area contributed by atoms with Crippen LogP contribution in [0.1, 0.15) is 36.8 Å². The highest BCUT2D eigenvalue weighted by atomic mass is 16.2. The molecule has 0 atom stereocenters. The van der Waals surface area contributed by atoms with Gasteiger partial charge in [0, 0.05) is 49.8 Å². The van der Waals surface area contributed by atoms with Crippen molar-refractivity contribution in [2.45, 2.75) is 44.3 Å². The van der Waals surface area contributed by atoms with Gasteiger partial charge in [0.05, 0.1) is 5.56 Å². The van der Waals surface area contributed by atoms with Crippen LogP contribution in [0.25, 0.3) is 11.1 Å². The fourth-order valence-electron chi connectivity index (χ4n) is 5.16. The first-order valence-corrected chi connectivity index (χ1v) is 13.5. The summed E-state index contributed by atoms with van der Waals surface area (Å²) in [6.45, 7) is 0.452. The van der Waals surface area contributed by atoms with Gasteiger partial charge in [0.2, 0.25) is 5.56 Å². The molecule has 2 heterocycles. The number of carbonyl (C=O) groups is 1. The van der Waals surface area contributed by atoms with Crippen LogP contribution in [-0.2, 0) is 13.6 Å². The van der Waals surface area contributed by atoms with Gasteiger partial charge in [-0.3, -0.25) is 9.69 Å². The molecular formula is C32H32N6O2. The zero-order valence-corrected chi connectivity index (χ0v) is 22.5. The molecule has 0 spiro atoms. The van der Waals surface area contributed by atoms with Crippen LogP contribution in [0.15, 0.2) is 96.1 Å². The van der Waals surface area contributed by atoms with Gasteiger partial charge in [0.1, 0.15) is 11.9 Å². The second-order valence-electron chi connectivity index (χ2n) is 10.1. The first-order chi connectivity index (χ1) is 19.5. The minimum atomic E-state index is -0.121. The van der Waals surface area contributed by atoms with Crippen LogP contribution in [0.4, 0.5) is 16.3 Å². The number of urea groups is 1. The van der Waals surface area contributed by atoms with Gasteiger partial charge in [0.25, 0.3) is 0 Å². The summed E-state index contributed by atoms with van der Waals surface area (Å²) in [5.74, 6) is 0.758. The summed E-state index contributed by atoms with van der Waals surface area (Å²) >= 11 is 0. The highest BCUT2D eigenvalue weighted by Crippen LogP contribution is 2.31. The molecule has 202 valence electrons. The van der Waals surface area contributed by atoms with Gasteiger partial charge in [-0.15, -0.1) is 0 Å². The molecule has 0 radical (unpaired) electrons. The number of amides is 2. The van der Waals surface area contributed by atoms with Gasteiger partial charge < -0.3 is 15.2 Å². The molecule has 0 aliphatic heterocycles. The molecule has 2 aromatic heterocycles. The lowest BCUT2D eigenvalue weighted by atomic mass is 9.89. The lowest BCUT2D eigenvalue weighted by Gasteiger charge is -2.37. The van der Waals surface area contributed by atoms with Gasteiger partial charge >= 0.3 is 6.03 Å². The number of anilines is 2. The lowest BCUT2D eigenvalue weighted by molar-refractivity contribution is 0.240. The highest BCUT2D eigenvalue weighted by molar-refractivity contribution is 5.93. The summed E-state index contributed by atoms with van der Waals surface area (Å²) in [7, 11) is 1.74. The smallest absolute Gasteiger partial charge is 0.322 e. The average molecular weight is 533 g/mol. The van der Waals surface area contributed by atoms with E-state index >= 15 is 0 Å². The topological polar surface area (TPSA) is 103 Å². The molecular weight excluding hydrogens is 500 g/mol. The average Bonchev–Trinajstić information content (AvgIpc) is 3.00. The van der Waals surface area contributed by atoms with Gasteiger partial charge in [-0.25, -0.2) is 9.78 Å². The lowest BCUT2D eigenvalue weighted by Crippen LogP contribution is -2.48. The number of aromatic nitrogens is 2. The maximum Gasteiger partial charge on any atom is 0.322 e. The van der Waals surface area contributed by atoms with E-state index in [1.165, 1.54) is 0 Å². The number of hydrogen-bond donors (Lipinski definition) is 2. The molecule has 1 fully saturated rings. The van der Waals surface area contributed by atoms with Crippen LogP contribution < -0.4 is 21.1 Å². The van der Waals surface area contributed by atoms with Crippen LogP contribution in [-0.4, -0.2) is 27.7 Å². The molecule has 0 unspecified atom stereocenters. The van der Waals surface area contributed by atoms with Crippen molar-refractivity contribution in [3.63, 3.8) is 0 Å². The Balaban J connectivity index is 1.31. The van der Waals surface area contributed by atoms with Crippen LogP contribution in [0.5, 0.6) is 0 Å². The number of benzene rings is 2. The van der Waals surface area contributed by atoms with Crippen molar-refractivity contribution in [2.75, 3.05) is 10.2 Å². The zero-order valence-electron chi connectivity index (χ0n) is 22.5. The Hall–Kier alpha value is -4.90. The zero-order chi connectivity index (χ0) is 27.9. The van der Waals surface area contributed by atoms with Crippen LogP contribution in [0, 0.1) is 11.3 Å². The van der Waals surface area contributed by atoms with E-state index in [1.807, 2.05) is 77.8 Å². The van der Waals surface area contributed by atoms with Crippen molar-refractivity contribution < 1.29 is 4.79 Å². The van der Waals surface area contributed by atoms with Crippen molar-refractivity contribution in [1.29, 1.82) is 5.26 Å². The third kappa shape index (κ3) is 6.38. The Labute approximate surface area is 233 Å².